The van der Waals surface area contributed by atoms with Gasteiger partial charge >= 0.3 is 0 Å². The summed E-state index contributed by atoms with van der Waals surface area (Å²) in [6.07, 6.45) is 0. The van der Waals surface area contributed by atoms with Gasteiger partial charge < -0.3 is 0 Å². The summed E-state index contributed by atoms with van der Waals surface area (Å²) in [5.41, 5.74) is 6.91. The van der Waals surface area contributed by atoms with Crippen molar-refractivity contribution >= 4 is 75.7 Å². The Morgan fingerprint density at radius 3 is 1.81 bits per heavy atom. The van der Waals surface area contributed by atoms with Crippen LogP contribution in [0.3, 0.4) is 0 Å². The fourth-order valence-electron chi connectivity index (χ4n) is 8.48. The van der Waals surface area contributed by atoms with Crippen molar-refractivity contribution in [3.05, 3.63) is 158 Å². The molecule has 0 fully saturated rings. The number of para-hydroxylation sites is 3. The summed E-state index contributed by atoms with van der Waals surface area (Å²) in [6.45, 7) is 0. The second-order valence-corrected chi connectivity index (χ2v) is 12.6. The predicted molar refractivity (Wildman–Crippen MR) is 199 cm³/mol. The van der Waals surface area contributed by atoms with E-state index in [2.05, 4.69) is 162 Å². The van der Waals surface area contributed by atoms with Crippen molar-refractivity contribution in [2.75, 3.05) is 0 Å². The summed E-state index contributed by atoms with van der Waals surface area (Å²) in [6, 6.07) is 57.4. The van der Waals surface area contributed by atoms with Crippen LogP contribution in [0, 0.1) is 0 Å². The van der Waals surface area contributed by atoms with E-state index in [4.69, 9.17) is 4.98 Å². The molecule has 1 heterocycles. The molecular formula is C45H26N2. The molecule has 0 unspecified atom stereocenters. The van der Waals surface area contributed by atoms with Crippen molar-refractivity contribution in [2.45, 2.75) is 0 Å². The first-order valence-corrected chi connectivity index (χ1v) is 16.2. The molecule has 2 heteroatoms. The lowest BCUT2D eigenvalue weighted by molar-refractivity contribution is 1.11. The van der Waals surface area contributed by atoms with Crippen LogP contribution in [-0.4, -0.2) is 9.55 Å². The summed E-state index contributed by atoms with van der Waals surface area (Å²) in [4.78, 5) is 5.28. The van der Waals surface area contributed by atoms with Crippen molar-refractivity contribution in [3.63, 3.8) is 0 Å². The van der Waals surface area contributed by atoms with E-state index in [1.54, 1.807) is 0 Å². The molecule has 0 saturated carbocycles. The van der Waals surface area contributed by atoms with Crippen molar-refractivity contribution in [2.24, 2.45) is 0 Å². The van der Waals surface area contributed by atoms with Crippen molar-refractivity contribution in [3.8, 4) is 28.2 Å². The minimum absolute atomic E-state index is 0.961. The molecular weight excluding hydrogens is 569 g/mol. The third-order valence-corrected chi connectivity index (χ3v) is 10.3. The number of hydrogen-bond acceptors (Lipinski definition) is 1. The van der Waals surface area contributed by atoms with Gasteiger partial charge in [-0.05, 0) is 106 Å². The van der Waals surface area contributed by atoms with Gasteiger partial charge in [-0.2, -0.15) is 0 Å². The minimum Gasteiger partial charge on any atom is -0.292 e. The van der Waals surface area contributed by atoms with Gasteiger partial charge in [-0.15, -0.1) is 0 Å². The molecule has 0 bridgehead atoms. The van der Waals surface area contributed by atoms with E-state index in [1.807, 2.05) is 0 Å². The second-order valence-electron chi connectivity index (χ2n) is 12.6. The standard InChI is InChI=1S/C45H26N2/c1-3-13-27(14-4-1)39-34-21-11-19-30-29-17-7-8-18-31(29)42(41(30)34)44-36-26-25-33(32-20-12-22-35(40(32)36)43(39)44)45-46-37-23-9-10-24-38(37)47(45)28-15-5-2-6-16-28/h1-26H. The fourth-order valence-corrected chi connectivity index (χ4v) is 8.48. The van der Waals surface area contributed by atoms with Crippen molar-refractivity contribution in [1.82, 2.24) is 9.55 Å². The topological polar surface area (TPSA) is 17.8 Å². The maximum atomic E-state index is 5.28. The molecule has 0 spiro atoms. The molecule has 11 rings (SSSR count). The Kier molecular flexibility index (Phi) is 4.87. The van der Waals surface area contributed by atoms with E-state index in [0.717, 1.165) is 28.1 Å². The zero-order chi connectivity index (χ0) is 30.6. The zero-order valence-electron chi connectivity index (χ0n) is 25.4. The molecule has 0 atom stereocenters. The number of imidazole rings is 1. The Bertz CT molecular complexity index is 2990. The van der Waals surface area contributed by atoms with E-state index in [1.165, 1.54) is 75.8 Å². The van der Waals surface area contributed by atoms with Crippen LogP contribution in [-0.2, 0) is 0 Å². The van der Waals surface area contributed by atoms with E-state index >= 15 is 0 Å². The van der Waals surface area contributed by atoms with Crippen LogP contribution >= 0.6 is 0 Å². The first kappa shape index (κ1) is 25.0. The van der Waals surface area contributed by atoms with Crippen LogP contribution in [0.2, 0.25) is 0 Å². The molecule has 0 radical (unpaired) electrons. The van der Waals surface area contributed by atoms with Crippen LogP contribution in [0.5, 0.6) is 0 Å². The Hall–Kier alpha value is -6.25. The largest absolute Gasteiger partial charge is 0.292 e. The second kappa shape index (κ2) is 9.15. The van der Waals surface area contributed by atoms with Gasteiger partial charge in [-0.1, -0.05) is 127 Å². The summed E-state index contributed by atoms with van der Waals surface area (Å²) < 4.78 is 2.31. The molecule has 1 aromatic heterocycles. The molecule has 47 heavy (non-hydrogen) atoms. The molecule has 0 aliphatic heterocycles. The highest BCUT2D eigenvalue weighted by molar-refractivity contribution is 6.48. The molecule has 0 amide bonds. The lowest BCUT2D eigenvalue weighted by atomic mass is 9.90. The van der Waals surface area contributed by atoms with Gasteiger partial charge in [0.1, 0.15) is 5.82 Å². The maximum absolute atomic E-state index is 5.28. The average molecular weight is 595 g/mol. The fraction of sp³-hybridized carbons (Fsp3) is 0. The normalized spacial score (nSPS) is 12.3. The van der Waals surface area contributed by atoms with Crippen LogP contribution in [0.25, 0.3) is 104 Å². The van der Waals surface area contributed by atoms with Crippen molar-refractivity contribution in [1.29, 1.82) is 0 Å². The molecule has 10 aromatic carbocycles. The molecule has 0 aliphatic rings. The third-order valence-electron chi connectivity index (χ3n) is 10.3. The lowest BCUT2D eigenvalue weighted by Gasteiger charge is -2.12. The van der Waals surface area contributed by atoms with Crippen LogP contribution in [0.15, 0.2) is 158 Å². The first-order valence-electron chi connectivity index (χ1n) is 16.2. The van der Waals surface area contributed by atoms with Crippen LogP contribution in [0.1, 0.15) is 0 Å². The molecule has 0 aliphatic carbocycles. The molecule has 216 valence electrons. The van der Waals surface area contributed by atoms with Gasteiger partial charge in [0.05, 0.1) is 11.0 Å². The third kappa shape index (κ3) is 3.21. The van der Waals surface area contributed by atoms with Gasteiger partial charge in [0.25, 0.3) is 0 Å². The smallest absolute Gasteiger partial charge is 0.146 e. The van der Waals surface area contributed by atoms with E-state index in [-0.39, 0.29) is 0 Å². The predicted octanol–water partition coefficient (Wildman–Crippen LogP) is 12.2. The monoisotopic (exact) mass is 594 g/mol. The number of fused-ring (bicyclic) bond motifs is 8. The van der Waals surface area contributed by atoms with Crippen molar-refractivity contribution < 1.29 is 0 Å². The maximum Gasteiger partial charge on any atom is 0.146 e. The Labute approximate surface area is 270 Å². The Balaban J connectivity index is 1.36. The summed E-state index contributed by atoms with van der Waals surface area (Å²) in [5.74, 6) is 0.961. The summed E-state index contributed by atoms with van der Waals surface area (Å²) in [5, 5.41) is 15.8. The van der Waals surface area contributed by atoms with E-state index in [0.29, 0.717) is 0 Å². The van der Waals surface area contributed by atoms with E-state index < -0.39 is 0 Å². The first-order chi connectivity index (χ1) is 23.4. The summed E-state index contributed by atoms with van der Waals surface area (Å²) >= 11 is 0. The quantitative estimate of drug-likeness (QED) is 0.199. The summed E-state index contributed by atoms with van der Waals surface area (Å²) in [7, 11) is 0. The van der Waals surface area contributed by atoms with Gasteiger partial charge in [-0.25, -0.2) is 4.98 Å². The van der Waals surface area contributed by atoms with E-state index in [9.17, 15) is 0 Å². The zero-order valence-corrected chi connectivity index (χ0v) is 25.4. The SMILES string of the molecule is c1ccc(-c2c3cccc4c5ccccc5c(c34)c3c4ccc(-c5nc6ccccc6n5-c5ccccc5)c5cccc(c23)c54)cc1. The number of nitrogens with zero attached hydrogens (tertiary/aromatic N) is 2. The molecule has 11 aromatic rings. The number of benzene rings is 8. The van der Waals surface area contributed by atoms with Gasteiger partial charge in [0, 0.05) is 11.3 Å². The highest BCUT2D eigenvalue weighted by Gasteiger charge is 2.26. The highest BCUT2D eigenvalue weighted by Crippen LogP contribution is 2.53. The molecule has 2 nitrogen and oxygen atoms in total. The number of hydrogen-bond donors (Lipinski definition) is 0. The number of rotatable bonds is 3. The molecule has 0 N–H and O–H groups in total. The van der Waals surface area contributed by atoms with Crippen LogP contribution in [0.4, 0.5) is 0 Å². The van der Waals surface area contributed by atoms with Crippen LogP contribution < -0.4 is 0 Å². The van der Waals surface area contributed by atoms with Gasteiger partial charge in [0.15, 0.2) is 0 Å². The minimum atomic E-state index is 0.961. The highest BCUT2D eigenvalue weighted by atomic mass is 15.1. The Morgan fingerprint density at radius 2 is 0.957 bits per heavy atom. The number of aromatic nitrogens is 2. The lowest BCUT2D eigenvalue weighted by Crippen LogP contribution is -1.97. The average Bonchev–Trinajstić information content (AvgIpc) is 3.80. The molecule has 0 saturated heterocycles. The Morgan fingerprint density at radius 1 is 0.362 bits per heavy atom. The van der Waals surface area contributed by atoms with Gasteiger partial charge in [-0.3, -0.25) is 4.57 Å². The van der Waals surface area contributed by atoms with Gasteiger partial charge in [0.2, 0.25) is 0 Å².